The van der Waals surface area contributed by atoms with Gasteiger partial charge in [0.2, 0.25) is 0 Å². The van der Waals surface area contributed by atoms with Crippen LogP contribution < -0.4 is 5.32 Å². The Morgan fingerprint density at radius 2 is 2.08 bits per heavy atom. The first-order chi connectivity index (χ1) is 5.39. The summed E-state index contributed by atoms with van der Waals surface area (Å²) in [6, 6.07) is -0.288. The Morgan fingerprint density at radius 1 is 1.58 bits per heavy atom. The maximum absolute atomic E-state index is 10.9. The molecule has 0 saturated heterocycles. The fraction of sp³-hybridized carbons (Fsp3) is 0.857. The Kier molecular flexibility index (Phi) is 3.99. The number of aliphatic hydroxyl groups excluding tert-OH is 1. The van der Waals surface area contributed by atoms with Crippen LogP contribution in [0.3, 0.4) is 0 Å². The van der Waals surface area contributed by atoms with Crippen LogP contribution in [0.4, 0.5) is 4.79 Å². The van der Waals surface area contributed by atoms with E-state index in [4.69, 9.17) is 5.11 Å². The molecule has 5 heteroatoms. The number of nitrogens with zero attached hydrogens (tertiary/aromatic N) is 1. The topological polar surface area (TPSA) is 72.8 Å². The summed E-state index contributed by atoms with van der Waals surface area (Å²) < 4.78 is 0. The zero-order valence-electron chi connectivity index (χ0n) is 7.66. The van der Waals surface area contributed by atoms with E-state index in [0.717, 1.165) is 0 Å². The number of urea groups is 1. The van der Waals surface area contributed by atoms with Gasteiger partial charge in [0.15, 0.2) is 0 Å². The van der Waals surface area contributed by atoms with Gasteiger partial charge in [0.25, 0.3) is 0 Å². The first-order valence-electron chi connectivity index (χ1n) is 3.67. The van der Waals surface area contributed by atoms with Crippen LogP contribution in [0.15, 0.2) is 0 Å². The minimum absolute atomic E-state index is 0.0422. The number of hydrogen-bond acceptors (Lipinski definition) is 3. The van der Waals surface area contributed by atoms with Gasteiger partial charge in [0, 0.05) is 14.1 Å². The molecule has 1 unspecified atom stereocenters. The fourth-order valence-corrected chi connectivity index (χ4v) is 0.480. The van der Waals surface area contributed by atoms with E-state index < -0.39 is 5.60 Å². The number of amides is 2. The molecule has 0 aliphatic heterocycles. The monoisotopic (exact) mass is 176 g/mol. The van der Waals surface area contributed by atoms with E-state index in [9.17, 15) is 9.90 Å². The largest absolute Gasteiger partial charge is 0.393 e. The lowest BCUT2D eigenvalue weighted by molar-refractivity contribution is 0.00427. The van der Waals surface area contributed by atoms with Crippen LogP contribution in [0.2, 0.25) is 0 Å². The van der Waals surface area contributed by atoms with E-state index in [2.05, 4.69) is 5.32 Å². The third kappa shape index (κ3) is 4.15. The molecule has 0 bridgehead atoms. The highest BCUT2D eigenvalue weighted by Crippen LogP contribution is 1.98. The SMILES string of the molecule is CN(C)C(=O)NCC(C)(O)CO. The van der Waals surface area contributed by atoms with Crippen molar-refractivity contribution in [2.24, 2.45) is 0 Å². The van der Waals surface area contributed by atoms with Crippen molar-refractivity contribution in [1.82, 2.24) is 10.2 Å². The van der Waals surface area contributed by atoms with Crippen LogP contribution >= 0.6 is 0 Å². The van der Waals surface area contributed by atoms with E-state index in [0.29, 0.717) is 0 Å². The molecule has 5 nitrogen and oxygen atoms in total. The van der Waals surface area contributed by atoms with Gasteiger partial charge in [0.05, 0.1) is 13.2 Å². The average Bonchev–Trinajstić information content (AvgIpc) is 2.00. The predicted octanol–water partition coefficient (Wildman–Crippen LogP) is -0.999. The van der Waals surface area contributed by atoms with Crippen molar-refractivity contribution in [3.05, 3.63) is 0 Å². The molecule has 0 fully saturated rings. The van der Waals surface area contributed by atoms with Gasteiger partial charge < -0.3 is 20.4 Å². The average molecular weight is 176 g/mol. The van der Waals surface area contributed by atoms with Gasteiger partial charge in [-0.25, -0.2) is 4.79 Å². The summed E-state index contributed by atoms with van der Waals surface area (Å²) in [5.74, 6) is 0. The number of carbonyl (C=O) groups is 1. The molecular weight excluding hydrogens is 160 g/mol. The Balaban J connectivity index is 3.76. The predicted molar refractivity (Wildman–Crippen MR) is 44.8 cm³/mol. The van der Waals surface area contributed by atoms with E-state index >= 15 is 0 Å². The Labute approximate surface area is 72.0 Å². The summed E-state index contributed by atoms with van der Waals surface area (Å²) in [6.45, 7) is 1.12. The normalized spacial score (nSPS) is 15.1. The van der Waals surface area contributed by atoms with Gasteiger partial charge in [-0.2, -0.15) is 0 Å². The molecule has 0 aromatic carbocycles. The first kappa shape index (κ1) is 11.2. The summed E-state index contributed by atoms with van der Waals surface area (Å²) in [6.07, 6.45) is 0. The number of rotatable bonds is 3. The number of aliphatic hydroxyl groups is 2. The molecule has 12 heavy (non-hydrogen) atoms. The highest BCUT2D eigenvalue weighted by Gasteiger charge is 2.19. The highest BCUT2D eigenvalue weighted by atomic mass is 16.3. The Bertz CT molecular complexity index is 157. The van der Waals surface area contributed by atoms with Crippen LogP contribution in [0, 0.1) is 0 Å². The minimum atomic E-state index is -1.24. The quantitative estimate of drug-likeness (QED) is 0.516. The van der Waals surface area contributed by atoms with E-state index in [1.807, 2.05) is 0 Å². The summed E-state index contributed by atoms with van der Waals surface area (Å²) in [7, 11) is 3.20. The van der Waals surface area contributed by atoms with E-state index in [-0.39, 0.29) is 19.2 Å². The third-order valence-electron chi connectivity index (χ3n) is 1.37. The van der Waals surface area contributed by atoms with Gasteiger partial charge in [-0.05, 0) is 6.92 Å². The van der Waals surface area contributed by atoms with Crippen LogP contribution in [-0.2, 0) is 0 Å². The van der Waals surface area contributed by atoms with Crippen molar-refractivity contribution >= 4 is 6.03 Å². The van der Waals surface area contributed by atoms with Crippen molar-refractivity contribution < 1.29 is 15.0 Å². The van der Waals surface area contributed by atoms with Crippen molar-refractivity contribution in [1.29, 1.82) is 0 Å². The van der Waals surface area contributed by atoms with Crippen LogP contribution in [0.1, 0.15) is 6.92 Å². The zero-order chi connectivity index (χ0) is 9.78. The second-order valence-electron chi connectivity index (χ2n) is 3.21. The van der Waals surface area contributed by atoms with Crippen molar-refractivity contribution in [2.75, 3.05) is 27.2 Å². The fourth-order valence-electron chi connectivity index (χ4n) is 0.480. The third-order valence-corrected chi connectivity index (χ3v) is 1.37. The molecule has 0 aliphatic rings. The van der Waals surface area contributed by atoms with Crippen molar-refractivity contribution in [2.45, 2.75) is 12.5 Å². The van der Waals surface area contributed by atoms with Crippen molar-refractivity contribution in [3.8, 4) is 0 Å². The molecule has 0 aromatic rings. The van der Waals surface area contributed by atoms with Crippen LogP contribution in [0.5, 0.6) is 0 Å². The lowest BCUT2D eigenvalue weighted by Crippen LogP contribution is -2.46. The molecule has 0 aliphatic carbocycles. The summed E-state index contributed by atoms with van der Waals surface area (Å²) in [5, 5.41) is 20.4. The Morgan fingerprint density at radius 3 is 2.42 bits per heavy atom. The number of carbonyl (C=O) groups excluding carboxylic acids is 1. The second kappa shape index (κ2) is 4.27. The van der Waals surface area contributed by atoms with E-state index in [1.165, 1.54) is 11.8 Å². The smallest absolute Gasteiger partial charge is 0.316 e. The van der Waals surface area contributed by atoms with Gasteiger partial charge in [-0.3, -0.25) is 0 Å². The minimum Gasteiger partial charge on any atom is -0.393 e. The molecule has 1 atom stereocenters. The summed E-state index contributed by atoms with van der Waals surface area (Å²) >= 11 is 0. The lowest BCUT2D eigenvalue weighted by atomic mass is 10.1. The molecule has 0 aromatic heterocycles. The molecule has 0 radical (unpaired) electrons. The number of hydrogen-bond donors (Lipinski definition) is 3. The van der Waals surface area contributed by atoms with Gasteiger partial charge >= 0.3 is 6.03 Å². The highest BCUT2D eigenvalue weighted by molar-refractivity contribution is 5.73. The zero-order valence-corrected chi connectivity index (χ0v) is 7.66. The molecule has 2 amide bonds. The molecule has 0 spiro atoms. The maximum atomic E-state index is 10.9. The molecule has 3 N–H and O–H groups in total. The van der Waals surface area contributed by atoms with E-state index in [1.54, 1.807) is 14.1 Å². The maximum Gasteiger partial charge on any atom is 0.316 e. The molecule has 0 saturated carbocycles. The van der Waals surface area contributed by atoms with Gasteiger partial charge in [-0.15, -0.1) is 0 Å². The molecular formula is C7H16N2O3. The lowest BCUT2D eigenvalue weighted by Gasteiger charge is -2.22. The van der Waals surface area contributed by atoms with Gasteiger partial charge in [0.1, 0.15) is 5.60 Å². The van der Waals surface area contributed by atoms with Gasteiger partial charge in [-0.1, -0.05) is 0 Å². The molecule has 0 rings (SSSR count). The van der Waals surface area contributed by atoms with Crippen molar-refractivity contribution in [3.63, 3.8) is 0 Å². The Hall–Kier alpha value is -0.810. The standard InChI is InChI=1S/C7H16N2O3/c1-7(12,5-10)4-8-6(11)9(2)3/h10,12H,4-5H2,1-3H3,(H,8,11). The molecule has 72 valence electrons. The van der Waals surface area contributed by atoms with Crippen LogP contribution in [0.25, 0.3) is 0 Å². The molecule has 0 heterocycles. The second-order valence-corrected chi connectivity index (χ2v) is 3.21. The number of nitrogens with one attached hydrogen (secondary N) is 1. The van der Waals surface area contributed by atoms with Crippen LogP contribution in [-0.4, -0.2) is 54.0 Å². The summed E-state index contributed by atoms with van der Waals surface area (Å²) in [5.41, 5.74) is -1.24. The summed E-state index contributed by atoms with van der Waals surface area (Å²) in [4.78, 5) is 12.3. The first-order valence-corrected chi connectivity index (χ1v) is 3.67.